The number of aryl methyl sites for hydroxylation is 1. The molecule has 0 unspecified atom stereocenters. The first-order valence-electron chi connectivity index (χ1n) is 13.5. The molecule has 0 fully saturated rings. The van der Waals surface area contributed by atoms with Gasteiger partial charge < -0.3 is 4.74 Å². The molecule has 10 nitrogen and oxygen atoms in total. The van der Waals surface area contributed by atoms with Crippen LogP contribution in [0.25, 0.3) is 5.82 Å². The summed E-state index contributed by atoms with van der Waals surface area (Å²) >= 11 is 12.3. The molecule has 5 aromatic rings. The molecule has 250 valence electrons. The number of carbonyl (C=O) groups is 2. The van der Waals surface area contributed by atoms with Crippen molar-refractivity contribution in [3.05, 3.63) is 111 Å². The summed E-state index contributed by atoms with van der Waals surface area (Å²) in [5, 5.41) is 13.7. The van der Waals surface area contributed by atoms with Gasteiger partial charge in [-0.3, -0.25) is 9.59 Å². The van der Waals surface area contributed by atoms with Crippen molar-refractivity contribution < 1.29 is 45.1 Å². The summed E-state index contributed by atoms with van der Waals surface area (Å²) in [6, 6.07) is 11.1. The molecule has 0 atom stereocenters. The number of carbonyl (C=O) groups excluding carboxylic acids is 2. The Bertz CT molecular complexity index is 1980. The smallest absolute Gasteiger partial charge is 0.406 e. The zero-order valence-electron chi connectivity index (χ0n) is 23.9. The van der Waals surface area contributed by atoms with E-state index in [0.29, 0.717) is 10.4 Å². The first kappa shape index (κ1) is 34.4. The van der Waals surface area contributed by atoms with Crippen LogP contribution in [0.4, 0.5) is 30.7 Å². The molecule has 0 saturated heterocycles. The summed E-state index contributed by atoms with van der Waals surface area (Å²) in [6.45, 7) is -0.455. The third-order valence-corrected chi connectivity index (χ3v) is 7.10. The number of pyridine rings is 1. The van der Waals surface area contributed by atoms with Crippen molar-refractivity contribution in [3.63, 3.8) is 0 Å². The SMILES string of the molecule is O=C(CCc1ccc(OC(F)(F)F)cc1)c1cc(Cl)cc(F)c1CC(=O)c1cc(Cn2nnc(C(F)(F)F)n2)nn1-c1ncccc1Cl. The van der Waals surface area contributed by atoms with Crippen molar-refractivity contribution in [2.45, 2.75) is 38.3 Å². The Morgan fingerprint density at radius 3 is 2.29 bits per heavy atom. The van der Waals surface area contributed by atoms with E-state index in [2.05, 4.69) is 30.2 Å². The Kier molecular flexibility index (Phi) is 9.81. The van der Waals surface area contributed by atoms with Gasteiger partial charge in [0.2, 0.25) is 0 Å². The van der Waals surface area contributed by atoms with Crippen molar-refractivity contribution >= 4 is 34.8 Å². The Balaban J connectivity index is 1.41. The summed E-state index contributed by atoms with van der Waals surface area (Å²) in [7, 11) is 0. The number of Topliss-reactive ketones (excluding diaryl/α,β-unsaturated/α-hetero) is 2. The quantitative estimate of drug-likeness (QED) is 0.107. The third-order valence-electron chi connectivity index (χ3n) is 6.59. The van der Waals surface area contributed by atoms with E-state index in [4.69, 9.17) is 23.2 Å². The number of alkyl halides is 6. The highest BCUT2D eigenvalue weighted by Crippen LogP contribution is 2.28. The van der Waals surface area contributed by atoms with Crippen LogP contribution >= 0.6 is 23.2 Å². The molecule has 3 aromatic heterocycles. The Hall–Kier alpha value is -4.90. The van der Waals surface area contributed by atoms with Gasteiger partial charge in [0, 0.05) is 35.2 Å². The fourth-order valence-corrected chi connectivity index (χ4v) is 4.91. The second-order valence-corrected chi connectivity index (χ2v) is 10.9. The molecule has 0 aliphatic carbocycles. The molecule has 0 bridgehead atoms. The van der Waals surface area contributed by atoms with E-state index >= 15 is 4.39 Å². The highest BCUT2D eigenvalue weighted by Gasteiger charge is 2.37. The maximum absolute atomic E-state index is 15.3. The number of hydrogen-bond donors (Lipinski definition) is 0. The lowest BCUT2D eigenvalue weighted by molar-refractivity contribution is -0.274. The van der Waals surface area contributed by atoms with Crippen LogP contribution in [-0.2, 0) is 25.6 Å². The van der Waals surface area contributed by atoms with Crippen molar-refractivity contribution in [3.8, 4) is 11.6 Å². The number of ketones is 2. The molecule has 0 aliphatic heterocycles. The standard InChI is InChI=1S/C29H18Cl2F7N7O3/c30-16-10-20(24(46)8-5-15-3-6-18(7-4-15)48-29(36,37)38)19(22(32)11-16)13-25(47)23-12-17(14-44-42-27(40-43-44)28(33,34)35)41-45(23)26-21(31)2-1-9-39-26/h1-4,6-7,9-12H,5,8,13-14H2. The van der Waals surface area contributed by atoms with Gasteiger partial charge in [-0.2, -0.15) is 23.1 Å². The maximum Gasteiger partial charge on any atom is 0.573 e. The molecular formula is C29H18Cl2F7N7O3. The molecule has 0 amide bonds. The monoisotopic (exact) mass is 715 g/mol. The number of halogens is 9. The fourth-order valence-electron chi connectivity index (χ4n) is 4.50. The molecule has 0 aliphatic rings. The summed E-state index contributed by atoms with van der Waals surface area (Å²) < 4.78 is 96.4. The molecule has 0 saturated carbocycles. The van der Waals surface area contributed by atoms with E-state index in [1.165, 1.54) is 42.6 Å². The van der Waals surface area contributed by atoms with Crippen molar-refractivity contribution in [1.82, 2.24) is 35.0 Å². The number of rotatable bonds is 11. The van der Waals surface area contributed by atoms with Crippen LogP contribution in [0, 0.1) is 5.82 Å². The van der Waals surface area contributed by atoms with Crippen LogP contribution in [0.5, 0.6) is 5.75 Å². The van der Waals surface area contributed by atoms with Crippen molar-refractivity contribution in [2.24, 2.45) is 0 Å². The average molecular weight is 716 g/mol. The molecule has 2 aromatic carbocycles. The average Bonchev–Trinajstić information content (AvgIpc) is 3.65. The van der Waals surface area contributed by atoms with Gasteiger partial charge in [-0.05, 0) is 59.7 Å². The van der Waals surface area contributed by atoms with Crippen LogP contribution in [0.15, 0.2) is 60.8 Å². The fraction of sp³-hybridized carbons (Fsp3) is 0.207. The minimum Gasteiger partial charge on any atom is -0.406 e. The van der Waals surface area contributed by atoms with Crippen LogP contribution in [0.3, 0.4) is 0 Å². The molecule has 0 N–H and O–H groups in total. The van der Waals surface area contributed by atoms with Crippen LogP contribution in [-0.4, -0.2) is 52.9 Å². The summed E-state index contributed by atoms with van der Waals surface area (Å²) in [4.78, 5) is 31.7. The molecule has 5 rings (SSSR count). The first-order valence-corrected chi connectivity index (χ1v) is 14.3. The zero-order chi connectivity index (χ0) is 34.8. The van der Waals surface area contributed by atoms with Crippen molar-refractivity contribution in [2.75, 3.05) is 0 Å². The minimum atomic E-state index is -4.87. The zero-order valence-corrected chi connectivity index (χ0v) is 25.4. The number of ether oxygens (including phenoxy) is 1. The Morgan fingerprint density at radius 2 is 1.65 bits per heavy atom. The van der Waals surface area contributed by atoms with Gasteiger partial charge in [0.25, 0.3) is 5.82 Å². The van der Waals surface area contributed by atoms with Gasteiger partial charge in [0.15, 0.2) is 17.4 Å². The van der Waals surface area contributed by atoms with Crippen LogP contribution < -0.4 is 4.74 Å². The highest BCUT2D eigenvalue weighted by atomic mass is 35.5. The summed E-state index contributed by atoms with van der Waals surface area (Å²) in [5.41, 5.74) is -0.260. The number of aromatic nitrogens is 7. The van der Waals surface area contributed by atoms with E-state index in [1.807, 2.05) is 0 Å². The molecule has 0 radical (unpaired) electrons. The first-order chi connectivity index (χ1) is 22.6. The van der Waals surface area contributed by atoms with Gasteiger partial charge in [-0.1, -0.05) is 35.3 Å². The van der Waals surface area contributed by atoms with Crippen LogP contribution in [0.1, 0.15) is 49.9 Å². The highest BCUT2D eigenvalue weighted by molar-refractivity contribution is 6.32. The lowest BCUT2D eigenvalue weighted by atomic mass is 9.94. The van der Waals surface area contributed by atoms with Gasteiger partial charge >= 0.3 is 12.5 Å². The summed E-state index contributed by atoms with van der Waals surface area (Å²) in [5.74, 6) is -4.34. The lowest BCUT2D eigenvalue weighted by Crippen LogP contribution is -2.17. The van der Waals surface area contributed by atoms with Gasteiger partial charge in [0.1, 0.15) is 23.8 Å². The van der Waals surface area contributed by atoms with E-state index in [0.717, 1.165) is 22.9 Å². The second-order valence-electron chi connectivity index (χ2n) is 10.0. The lowest BCUT2D eigenvalue weighted by Gasteiger charge is -2.12. The molecular weight excluding hydrogens is 698 g/mol. The van der Waals surface area contributed by atoms with Gasteiger partial charge in [-0.25, -0.2) is 14.1 Å². The number of tetrazole rings is 1. The largest absolute Gasteiger partial charge is 0.573 e. The predicted octanol–water partition coefficient (Wildman–Crippen LogP) is 6.91. The molecule has 3 heterocycles. The normalized spacial score (nSPS) is 11.9. The minimum absolute atomic E-state index is 0.00859. The molecule has 0 spiro atoms. The Labute approximate surface area is 275 Å². The van der Waals surface area contributed by atoms with E-state index in [-0.39, 0.29) is 51.2 Å². The summed E-state index contributed by atoms with van der Waals surface area (Å²) in [6.07, 6.45) is -9.25. The number of hydrogen-bond acceptors (Lipinski definition) is 8. The molecule has 19 heteroatoms. The topological polar surface area (TPSA) is 118 Å². The maximum atomic E-state index is 15.3. The number of benzene rings is 2. The Morgan fingerprint density at radius 1 is 0.917 bits per heavy atom. The van der Waals surface area contributed by atoms with E-state index in [9.17, 15) is 35.9 Å². The number of nitrogens with zero attached hydrogens (tertiary/aromatic N) is 7. The van der Waals surface area contributed by atoms with Gasteiger partial charge in [0.05, 0.1) is 10.7 Å². The molecule has 48 heavy (non-hydrogen) atoms. The van der Waals surface area contributed by atoms with E-state index in [1.54, 1.807) is 0 Å². The predicted molar refractivity (Wildman–Crippen MR) is 154 cm³/mol. The van der Waals surface area contributed by atoms with Crippen LogP contribution in [0.2, 0.25) is 10.0 Å². The second kappa shape index (κ2) is 13.7. The van der Waals surface area contributed by atoms with Gasteiger partial charge in [-0.15, -0.1) is 23.4 Å². The van der Waals surface area contributed by atoms with Crippen molar-refractivity contribution in [1.29, 1.82) is 0 Å². The van der Waals surface area contributed by atoms with E-state index < -0.39 is 54.5 Å². The third kappa shape index (κ3) is 8.32.